The van der Waals surface area contributed by atoms with Gasteiger partial charge in [-0.3, -0.25) is 14.7 Å². The maximum Gasteiger partial charge on any atom is 0.248 e. The van der Waals surface area contributed by atoms with Crippen LogP contribution < -0.4 is 5.73 Å². The standard InChI is InChI=1S/C35H38N4O/c1-2-3-23-39-32(33(29-15-9-5-10-16-29)37-35(39)31-17-11-6-12-18-31)26-38(24-27-13-7-4-8-14-27)25-28-19-21-30(22-20-28)34(36)40/h4-22,32-33H,2-3,23-26H2,1H3,(H2,36,40). The van der Waals surface area contributed by atoms with Crippen molar-refractivity contribution in [3.05, 3.63) is 143 Å². The lowest BCUT2D eigenvalue weighted by molar-refractivity contribution is 0.1000. The summed E-state index contributed by atoms with van der Waals surface area (Å²) in [4.78, 5) is 22.1. The van der Waals surface area contributed by atoms with Gasteiger partial charge in [0.1, 0.15) is 5.84 Å². The van der Waals surface area contributed by atoms with E-state index in [0.29, 0.717) is 5.56 Å². The van der Waals surface area contributed by atoms with Crippen LogP contribution in [0.3, 0.4) is 0 Å². The zero-order chi connectivity index (χ0) is 27.7. The number of amides is 1. The number of carbonyl (C=O) groups is 1. The van der Waals surface area contributed by atoms with Crippen LogP contribution in [0.2, 0.25) is 0 Å². The molecule has 1 aliphatic heterocycles. The molecule has 5 heteroatoms. The van der Waals surface area contributed by atoms with Gasteiger partial charge in [0.05, 0.1) is 12.1 Å². The number of carbonyl (C=O) groups excluding carboxylic acids is 1. The third-order valence-electron chi connectivity index (χ3n) is 7.56. The third-order valence-corrected chi connectivity index (χ3v) is 7.56. The van der Waals surface area contributed by atoms with Crippen molar-refractivity contribution in [2.75, 3.05) is 13.1 Å². The topological polar surface area (TPSA) is 61.9 Å². The molecular formula is C35H38N4O. The van der Waals surface area contributed by atoms with E-state index in [4.69, 9.17) is 10.7 Å². The van der Waals surface area contributed by atoms with Crippen LogP contribution in [0.15, 0.2) is 120 Å². The third kappa shape index (κ3) is 6.67. The van der Waals surface area contributed by atoms with Crippen molar-refractivity contribution in [2.24, 2.45) is 10.7 Å². The molecule has 0 aliphatic carbocycles. The second-order valence-corrected chi connectivity index (χ2v) is 10.5. The second kappa shape index (κ2) is 13.2. The summed E-state index contributed by atoms with van der Waals surface area (Å²) in [6.45, 7) is 5.63. The van der Waals surface area contributed by atoms with Gasteiger partial charge in [-0.2, -0.15) is 0 Å². The maximum atomic E-state index is 11.6. The first-order valence-corrected chi connectivity index (χ1v) is 14.2. The van der Waals surface area contributed by atoms with E-state index in [-0.39, 0.29) is 12.1 Å². The van der Waals surface area contributed by atoms with Gasteiger partial charge in [0.2, 0.25) is 5.91 Å². The maximum absolute atomic E-state index is 11.6. The predicted molar refractivity (Wildman–Crippen MR) is 163 cm³/mol. The van der Waals surface area contributed by atoms with Crippen molar-refractivity contribution in [2.45, 2.75) is 44.9 Å². The molecule has 0 radical (unpaired) electrons. The molecule has 204 valence electrons. The van der Waals surface area contributed by atoms with Gasteiger partial charge in [-0.05, 0) is 35.2 Å². The van der Waals surface area contributed by atoms with Crippen molar-refractivity contribution < 1.29 is 4.79 Å². The molecule has 40 heavy (non-hydrogen) atoms. The van der Waals surface area contributed by atoms with Crippen molar-refractivity contribution in [1.29, 1.82) is 0 Å². The summed E-state index contributed by atoms with van der Waals surface area (Å²) in [5.74, 6) is 0.680. The summed E-state index contributed by atoms with van der Waals surface area (Å²) >= 11 is 0. The highest BCUT2D eigenvalue weighted by Gasteiger charge is 2.38. The number of hydrogen-bond donors (Lipinski definition) is 1. The van der Waals surface area contributed by atoms with Crippen molar-refractivity contribution in [1.82, 2.24) is 9.80 Å². The lowest BCUT2D eigenvalue weighted by atomic mass is 9.98. The van der Waals surface area contributed by atoms with E-state index in [1.165, 1.54) is 16.7 Å². The minimum Gasteiger partial charge on any atom is -0.366 e. The average Bonchev–Trinajstić information content (AvgIpc) is 3.35. The van der Waals surface area contributed by atoms with Crippen LogP contribution in [0.1, 0.15) is 58.4 Å². The largest absolute Gasteiger partial charge is 0.366 e. The summed E-state index contributed by atoms with van der Waals surface area (Å²) < 4.78 is 0. The first kappa shape index (κ1) is 27.4. The lowest BCUT2D eigenvalue weighted by Crippen LogP contribution is -2.45. The molecule has 2 atom stereocenters. The Kier molecular flexibility index (Phi) is 9.04. The number of primary amides is 1. The number of unbranched alkanes of at least 4 members (excludes halogenated alkanes) is 1. The van der Waals surface area contributed by atoms with Crippen LogP contribution in [-0.2, 0) is 13.1 Å². The number of hydrogen-bond acceptors (Lipinski definition) is 4. The van der Waals surface area contributed by atoms with Gasteiger partial charge in [-0.1, -0.05) is 116 Å². The highest BCUT2D eigenvalue weighted by atomic mass is 16.1. The minimum atomic E-state index is -0.401. The van der Waals surface area contributed by atoms with E-state index in [1.807, 2.05) is 24.3 Å². The fourth-order valence-electron chi connectivity index (χ4n) is 5.52. The first-order valence-electron chi connectivity index (χ1n) is 14.2. The minimum absolute atomic E-state index is 0.0313. The van der Waals surface area contributed by atoms with Gasteiger partial charge in [-0.25, -0.2) is 0 Å². The molecule has 4 aromatic rings. The van der Waals surface area contributed by atoms with Crippen molar-refractivity contribution in [3.8, 4) is 0 Å². The summed E-state index contributed by atoms with van der Waals surface area (Å²) in [5.41, 5.74) is 10.9. The molecule has 1 aliphatic rings. The van der Waals surface area contributed by atoms with Gasteiger partial charge >= 0.3 is 0 Å². The highest BCUT2D eigenvalue weighted by molar-refractivity contribution is 6.00. The Morgan fingerprint density at radius 3 is 1.98 bits per heavy atom. The van der Waals surface area contributed by atoms with Crippen LogP contribution in [0.25, 0.3) is 0 Å². The van der Waals surface area contributed by atoms with Crippen molar-refractivity contribution >= 4 is 11.7 Å². The lowest BCUT2D eigenvalue weighted by Gasteiger charge is -2.35. The molecule has 1 heterocycles. The molecule has 0 aromatic heterocycles. The van der Waals surface area contributed by atoms with E-state index in [2.05, 4.69) is 108 Å². The molecule has 4 aromatic carbocycles. The molecule has 5 nitrogen and oxygen atoms in total. The van der Waals surface area contributed by atoms with E-state index in [1.54, 1.807) is 0 Å². The number of nitrogens with two attached hydrogens (primary N) is 1. The Bertz CT molecular complexity index is 1390. The molecule has 2 N–H and O–H groups in total. The van der Waals surface area contributed by atoms with Crippen LogP contribution in [0.5, 0.6) is 0 Å². The molecule has 0 spiro atoms. The number of rotatable bonds is 12. The molecular weight excluding hydrogens is 492 g/mol. The van der Waals surface area contributed by atoms with Gasteiger partial charge < -0.3 is 10.6 Å². The monoisotopic (exact) mass is 530 g/mol. The highest BCUT2D eigenvalue weighted by Crippen LogP contribution is 2.35. The first-order chi connectivity index (χ1) is 19.6. The van der Waals surface area contributed by atoms with Crippen LogP contribution in [0.4, 0.5) is 0 Å². The summed E-state index contributed by atoms with van der Waals surface area (Å²) in [7, 11) is 0. The molecule has 0 saturated heterocycles. The Morgan fingerprint density at radius 2 is 1.38 bits per heavy atom. The zero-order valence-electron chi connectivity index (χ0n) is 23.2. The fraction of sp³-hybridized carbons (Fsp3) is 0.257. The second-order valence-electron chi connectivity index (χ2n) is 10.5. The molecule has 0 fully saturated rings. The van der Waals surface area contributed by atoms with Crippen molar-refractivity contribution in [3.63, 3.8) is 0 Å². The number of amidine groups is 1. The summed E-state index contributed by atoms with van der Waals surface area (Å²) in [5, 5.41) is 0. The smallest absolute Gasteiger partial charge is 0.248 e. The Labute approximate surface area is 238 Å². The van der Waals surface area contributed by atoms with Gasteiger partial charge in [0.15, 0.2) is 0 Å². The Morgan fingerprint density at radius 1 is 0.800 bits per heavy atom. The molecule has 0 bridgehead atoms. The Hall–Kier alpha value is -4.22. The Balaban J connectivity index is 1.50. The number of nitrogens with zero attached hydrogens (tertiary/aromatic N) is 3. The van der Waals surface area contributed by atoms with E-state index >= 15 is 0 Å². The van der Waals surface area contributed by atoms with E-state index in [9.17, 15) is 4.79 Å². The average molecular weight is 531 g/mol. The van der Waals surface area contributed by atoms with Crippen LogP contribution in [0, 0.1) is 0 Å². The number of benzene rings is 4. The fourth-order valence-corrected chi connectivity index (χ4v) is 5.52. The predicted octanol–water partition coefficient (Wildman–Crippen LogP) is 6.46. The van der Waals surface area contributed by atoms with Gasteiger partial charge in [0, 0.05) is 37.3 Å². The van der Waals surface area contributed by atoms with Gasteiger partial charge in [0.25, 0.3) is 0 Å². The quantitative estimate of drug-likeness (QED) is 0.229. The molecule has 0 saturated carbocycles. The normalized spacial score (nSPS) is 16.8. The molecule has 5 rings (SSSR count). The number of aliphatic imine (C=N–C) groups is 1. The van der Waals surface area contributed by atoms with E-state index in [0.717, 1.165) is 50.4 Å². The molecule has 2 unspecified atom stereocenters. The zero-order valence-corrected chi connectivity index (χ0v) is 23.2. The molecule has 1 amide bonds. The SMILES string of the molecule is CCCCN1C(c2ccccc2)=NC(c2ccccc2)C1CN(Cc1ccccc1)Cc1ccc(C(N)=O)cc1. The van der Waals surface area contributed by atoms with Crippen LogP contribution >= 0.6 is 0 Å². The summed E-state index contributed by atoms with van der Waals surface area (Å²) in [6.07, 6.45) is 2.23. The van der Waals surface area contributed by atoms with E-state index < -0.39 is 5.91 Å². The summed E-state index contributed by atoms with van der Waals surface area (Å²) in [6, 6.07) is 39.8. The van der Waals surface area contributed by atoms with Crippen LogP contribution in [-0.4, -0.2) is 40.7 Å². The van der Waals surface area contributed by atoms with Gasteiger partial charge in [-0.15, -0.1) is 0 Å².